The molecule has 0 bridgehead atoms. The number of aromatic carboxylic acids is 1. The van der Waals surface area contributed by atoms with E-state index in [0.29, 0.717) is 22.9 Å². The molecule has 2 rings (SSSR count). The fourth-order valence-corrected chi connectivity index (χ4v) is 2.71. The Hall–Kier alpha value is -1.09. The number of fused-ring (bicyclic) bond motifs is 1. The average molecular weight is 348 g/mol. The first kappa shape index (κ1) is 11.4. The summed E-state index contributed by atoms with van der Waals surface area (Å²) in [4.78, 5) is 26.0. The maximum atomic E-state index is 11.0. The molecule has 0 aliphatic rings. The van der Waals surface area contributed by atoms with Crippen molar-refractivity contribution in [3.63, 3.8) is 0 Å². The fraction of sp³-hybridized carbons (Fsp3) is 0. The number of hydrogen-bond acceptors (Lipinski definition) is 4. The topological polar surface area (TPSA) is 72.2 Å². The van der Waals surface area contributed by atoms with Crippen molar-refractivity contribution in [2.24, 2.45) is 0 Å². The Morgan fingerprint density at radius 1 is 1.62 bits per heavy atom. The minimum absolute atomic E-state index is 0.0920. The fourth-order valence-electron chi connectivity index (χ4n) is 1.46. The van der Waals surface area contributed by atoms with Crippen LogP contribution >= 0.6 is 30.3 Å². The van der Waals surface area contributed by atoms with Crippen LogP contribution in [0.1, 0.15) is 20.7 Å². The molecule has 0 amide bonds. The Bertz CT molecular complexity index is 581. The standard InChI is InChI=1S/C9H5IN2O3S/c10-16-12-3-6(9(14)15)7-5(4-13)1-2-11-8(7)12/h1-4H,(H,14,15). The van der Waals surface area contributed by atoms with E-state index in [0.717, 1.165) is 0 Å². The molecule has 0 aromatic carbocycles. The molecule has 0 fully saturated rings. The molecule has 0 unspecified atom stereocenters. The highest BCUT2D eigenvalue weighted by Gasteiger charge is 2.17. The van der Waals surface area contributed by atoms with Crippen LogP contribution in [0.3, 0.4) is 0 Å². The van der Waals surface area contributed by atoms with Gasteiger partial charge >= 0.3 is 5.97 Å². The molecule has 16 heavy (non-hydrogen) atoms. The molecule has 2 aromatic heterocycles. The Labute approximate surface area is 107 Å². The summed E-state index contributed by atoms with van der Waals surface area (Å²) in [6.07, 6.45) is 3.59. The summed E-state index contributed by atoms with van der Waals surface area (Å²) in [6, 6.07) is 1.50. The Kier molecular flexibility index (Phi) is 3.15. The number of carbonyl (C=O) groups excluding carboxylic acids is 1. The first-order valence-corrected chi connectivity index (χ1v) is 7.48. The van der Waals surface area contributed by atoms with Crippen molar-refractivity contribution < 1.29 is 14.7 Å². The molecule has 0 atom stereocenters. The zero-order valence-corrected chi connectivity index (χ0v) is 10.7. The zero-order valence-electron chi connectivity index (χ0n) is 7.75. The number of halogens is 1. The Balaban J connectivity index is 2.90. The van der Waals surface area contributed by atoms with E-state index in [1.165, 1.54) is 27.6 Å². The zero-order chi connectivity index (χ0) is 11.7. The summed E-state index contributed by atoms with van der Waals surface area (Å²) in [6.45, 7) is 0. The number of pyridine rings is 1. The summed E-state index contributed by atoms with van der Waals surface area (Å²) >= 11 is 2.02. The van der Waals surface area contributed by atoms with Gasteiger partial charge in [-0.3, -0.25) is 8.77 Å². The third-order valence-corrected chi connectivity index (χ3v) is 3.82. The maximum absolute atomic E-state index is 11.0. The quantitative estimate of drug-likeness (QED) is 0.681. The van der Waals surface area contributed by atoms with Gasteiger partial charge in [-0.05, 0) is 6.07 Å². The van der Waals surface area contributed by atoms with Crippen molar-refractivity contribution >= 4 is 53.6 Å². The number of aromatic nitrogens is 2. The van der Waals surface area contributed by atoms with Crippen molar-refractivity contribution in [1.29, 1.82) is 0 Å². The normalized spacial score (nSPS) is 10.6. The van der Waals surface area contributed by atoms with Crippen molar-refractivity contribution in [2.45, 2.75) is 0 Å². The van der Waals surface area contributed by atoms with E-state index in [4.69, 9.17) is 5.11 Å². The molecular formula is C9H5IN2O3S. The second-order valence-corrected chi connectivity index (χ2v) is 4.67. The molecule has 2 heterocycles. The SMILES string of the molecule is O=Cc1ccnc2c1c(C(=O)O)cn2SI. The van der Waals surface area contributed by atoms with Gasteiger partial charge in [0.25, 0.3) is 0 Å². The number of carbonyl (C=O) groups is 2. The number of carboxylic acids is 1. The van der Waals surface area contributed by atoms with Crippen LogP contribution in [0.15, 0.2) is 18.5 Å². The molecule has 0 aliphatic carbocycles. The van der Waals surface area contributed by atoms with E-state index in [-0.39, 0.29) is 5.56 Å². The first-order chi connectivity index (χ1) is 7.69. The number of aldehydes is 1. The van der Waals surface area contributed by atoms with Crippen molar-refractivity contribution in [2.75, 3.05) is 0 Å². The van der Waals surface area contributed by atoms with Gasteiger partial charge in [-0.25, -0.2) is 9.78 Å². The summed E-state index contributed by atoms with van der Waals surface area (Å²) in [7, 11) is 1.30. The van der Waals surface area contributed by atoms with Crippen LogP contribution in [0.25, 0.3) is 11.0 Å². The predicted octanol–water partition coefficient (Wildman–Crippen LogP) is 2.39. The third kappa shape index (κ3) is 1.69. The van der Waals surface area contributed by atoms with Gasteiger partial charge in [0.2, 0.25) is 0 Å². The van der Waals surface area contributed by atoms with Gasteiger partial charge in [0, 0.05) is 53.7 Å². The van der Waals surface area contributed by atoms with Crippen LogP contribution in [0.5, 0.6) is 0 Å². The highest BCUT2D eigenvalue weighted by Crippen LogP contribution is 2.28. The second kappa shape index (κ2) is 4.42. The molecule has 1 N–H and O–H groups in total. The summed E-state index contributed by atoms with van der Waals surface area (Å²) in [5.74, 6) is -1.06. The van der Waals surface area contributed by atoms with Gasteiger partial charge in [0.15, 0.2) is 11.9 Å². The van der Waals surface area contributed by atoms with Crippen LogP contribution in [0.2, 0.25) is 0 Å². The van der Waals surface area contributed by atoms with E-state index in [9.17, 15) is 9.59 Å². The van der Waals surface area contributed by atoms with Crippen molar-refractivity contribution in [3.05, 3.63) is 29.6 Å². The maximum Gasteiger partial charge on any atom is 0.338 e. The van der Waals surface area contributed by atoms with Gasteiger partial charge in [-0.1, -0.05) is 0 Å². The molecular weight excluding hydrogens is 343 g/mol. The second-order valence-electron chi connectivity index (χ2n) is 2.96. The minimum Gasteiger partial charge on any atom is -0.478 e. The Morgan fingerprint density at radius 3 is 2.94 bits per heavy atom. The van der Waals surface area contributed by atoms with E-state index < -0.39 is 5.97 Å². The van der Waals surface area contributed by atoms with E-state index >= 15 is 0 Å². The summed E-state index contributed by atoms with van der Waals surface area (Å²) < 4.78 is 1.62. The number of rotatable bonds is 3. The van der Waals surface area contributed by atoms with E-state index in [1.807, 2.05) is 21.2 Å². The first-order valence-electron chi connectivity index (χ1n) is 4.16. The van der Waals surface area contributed by atoms with Gasteiger partial charge in [0.05, 0.1) is 5.56 Å². The lowest BCUT2D eigenvalue weighted by Gasteiger charge is -1.97. The average Bonchev–Trinajstić information content (AvgIpc) is 2.67. The Morgan fingerprint density at radius 2 is 2.38 bits per heavy atom. The van der Waals surface area contributed by atoms with E-state index in [2.05, 4.69) is 4.98 Å². The van der Waals surface area contributed by atoms with Crippen LogP contribution in [0.4, 0.5) is 0 Å². The van der Waals surface area contributed by atoms with E-state index in [1.54, 1.807) is 3.97 Å². The minimum atomic E-state index is -1.06. The van der Waals surface area contributed by atoms with Crippen molar-refractivity contribution in [1.82, 2.24) is 8.96 Å². The number of nitrogens with zero attached hydrogens (tertiary/aromatic N) is 2. The largest absolute Gasteiger partial charge is 0.478 e. The van der Waals surface area contributed by atoms with Gasteiger partial charge in [-0.15, -0.1) is 0 Å². The third-order valence-electron chi connectivity index (χ3n) is 2.12. The molecule has 0 radical (unpaired) electrons. The van der Waals surface area contributed by atoms with Crippen LogP contribution in [-0.2, 0) is 0 Å². The number of hydrogen-bond donors (Lipinski definition) is 1. The number of carboxylic acid groups (broad SMARTS) is 1. The highest BCUT2D eigenvalue weighted by molar-refractivity contribution is 14.2. The summed E-state index contributed by atoms with van der Waals surface area (Å²) in [5, 5.41) is 9.43. The van der Waals surface area contributed by atoms with Gasteiger partial charge < -0.3 is 5.11 Å². The molecule has 0 aliphatic heterocycles. The molecule has 7 heteroatoms. The van der Waals surface area contributed by atoms with Crippen molar-refractivity contribution in [3.8, 4) is 0 Å². The monoisotopic (exact) mass is 348 g/mol. The van der Waals surface area contributed by atoms with Crippen LogP contribution < -0.4 is 0 Å². The van der Waals surface area contributed by atoms with Crippen LogP contribution in [0, 0.1) is 0 Å². The highest BCUT2D eigenvalue weighted by atomic mass is 127. The molecule has 0 saturated carbocycles. The smallest absolute Gasteiger partial charge is 0.338 e. The van der Waals surface area contributed by atoms with Crippen LogP contribution in [-0.4, -0.2) is 26.3 Å². The molecule has 0 spiro atoms. The lowest BCUT2D eigenvalue weighted by Crippen LogP contribution is -1.96. The van der Waals surface area contributed by atoms with Gasteiger partial charge in [0.1, 0.15) is 0 Å². The summed E-state index contributed by atoms with van der Waals surface area (Å²) in [5.41, 5.74) is 0.919. The molecule has 5 nitrogen and oxygen atoms in total. The molecule has 82 valence electrons. The lowest BCUT2D eigenvalue weighted by atomic mass is 10.1. The molecule has 2 aromatic rings. The molecule has 0 saturated heterocycles. The van der Waals surface area contributed by atoms with Gasteiger partial charge in [-0.2, -0.15) is 0 Å². The predicted molar refractivity (Wildman–Crippen MR) is 69.1 cm³/mol. The lowest BCUT2D eigenvalue weighted by molar-refractivity contribution is 0.0699.